The number of thioether (sulfide) groups is 1. The van der Waals surface area contributed by atoms with E-state index in [0.29, 0.717) is 17.0 Å². The van der Waals surface area contributed by atoms with Gasteiger partial charge in [-0.3, -0.25) is 10.1 Å². The van der Waals surface area contributed by atoms with Gasteiger partial charge < -0.3 is 5.32 Å². The predicted molar refractivity (Wildman–Crippen MR) is 76.4 cm³/mol. The van der Waals surface area contributed by atoms with Gasteiger partial charge in [-0.05, 0) is 38.0 Å². The third kappa shape index (κ3) is 2.77. The minimum absolute atomic E-state index is 0.183. The van der Waals surface area contributed by atoms with Crippen LogP contribution in [0.5, 0.6) is 0 Å². The Kier molecular flexibility index (Phi) is 4.11. The number of hydrogen-bond acceptors (Lipinski definition) is 4. The molecule has 0 aromatic heterocycles. The van der Waals surface area contributed by atoms with Crippen LogP contribution in [-0.4, -0.2) is 22.5 Å². The fourth-order valence-corrected chi connectivity index (χ4v) is 3.28. The Balaban J connectivity index is 2.16. The minimum Gasteiger partial charge on any atom is -0.377 e. The van der Waals surface area contributed by atoms with Gasteiger partial charge in [-0.2, -0.15) is 11.8 Å². The number of nitro groups is 1. The summed E-state index contributed by atoms with van der Waals surface area (Å²) in [6.45, 7) is 1.91. The van der Waals surface area contributed by atoms with Crippen LogP contribution >= 0.6 is 11.8 Å². The molecule has 18 heavy (non-hydrogen) atoms. The molecule has 5 heteroatoms. The van der Waals surface area contributed by atoms with Crippen molar-refractivity contribution in [3.8, 4) is 0 Å². The zero-order chi connectivity index (χ0) is 13.1. The summed E-state index contributed by atoms with van der Waals surface area (Å²) in [5, 5.41) is 15.1. The van der Waals surface area contributed by atoms with E-state index in [9.17, 15) is 10.1 Å². The Hall–Kier alpha value is -1.23. The summed E-state index contributed by atoms with van der Waals surface area (Å²) in [4.78, 5) is 10.7. The van der Waals surface area contributed by atoms with Gasteiger partial charge in [-0.15, -0.1) is 0 Å². The molecule has 2 atom stereocenters. The largest absolute Gasteiger partial charge is 0.377 e. The highest BCUT2D eigenvalue weighted by Gasteiger charge is 2.26. The first-order chi connectivity index (χ1) is 8.61. The fourth-order valence-electron chi connectivity index (χ4n) is 2.48. The van der Waals surface area contributed by atoms with Crippen LogP contribution in [0.4, 0.5) is 11.4 Å². The lowest BCUT2D eigenvalue weighted by molar-refractivity contribution is -0.384. The molecule has 1 aromatic rings. The molecule has 1 aromatic carbocycles. The Bertz CT molecular complexity index is 451. The van der Waals surface area contributed by atoms with Crippen molar-refractivity contribution < 1.29 is 4.92 Å². The third-order valence-corrected chi connectivity index (χ3v) is 4.61. The molecule has 0 amide bonds. The van der Waals surface area contributed by atoms with Gasteiger partial charge in [-0.25, -0.2) is 0 Å². The molecule has 0 saturated heterocycles. The van der Waals surface area contributed by atoms with Crippen LogP contribution in [-0.2, 0) is 0 Å². The normalized spacial score (nSPS) is 23.0. The smallest absolute Gasteiger partial charge is 0.292 e. The average Bonchev–Trinajstić information content (AvgIpc) is 2.79. The first-order valence-electron chi connectivity index (χ1n) is 6.15. The lowest BCUT2D eigenvalue weighted by atomic mass is 10.1. The summed E-state index contributed by atoms with van der Waals surface area (Å²) in [6.07, 6.45) is 5.51. The number of nitrogens with zero attached hydrogens (tertiary/aromatic N) is 1. The molecule has 2 unspecified atom stereocenters. The van der Waals surface area contributed by atoms with Gasteiger partial charge in [0.1, 0.15) is 5.69 Å². The topological polar surface area (TPSA) is 55.2 Å². The quantitative estimate of drug-likeness (QED) is 0.668. The van der Waals surface area contributed by atoms with E-state index in [1.54, 1.807) is 12.1 Å². The molecule has 1 saturated carbocycles. The van der Waals surface area contributed by atoms with Crippen LogP contribution in [0.2, 0.25) is 0 Å². The first-order valence-corrected chi connectivity index (χ1v) is 7.44. The Morgan fingerprint density at radius 2 is 2.22 bits per heavy atom. The molecule has 98 valence electrons. The van der Waals surface area contributed by atoms with E-state index in [-0.39, 0.29) is 10.6 Å². The number of para-hydroxylation sites is 1. The second kappa shape index (κ2) is 5.61. The van der Waals surface area contributed by atoms with Crippen molar-refractivity contribution in [2.24, 2.45) is 0 Å². The fraction of sp³-hybridized carbons (Fsp3) is 0.538. The van der Waals surface area contributed by atoms with Crippen LogP contribution in [0.25, 0.3) is 0 Å². The van der Waals surface area contributed by atoms with Crippen LogP contribution < -0.4 is 5.32 Å². The average molecular weight is 266 g/mol. The molecule has 0 aliphatic heterocycles. The first kappa shape index (κ1) is 13.2. The summed E-state index contributed by atoms with van der Waals surface area (Å²) < 4.78 is 0. The molecule has 1 aliphatic carbocycles. The van der Waals surface area contributed by atoms with E-state index < -0.39 is 0 Å². The highest BCUT2D eigenvalue weighted by Crippen LogP contribution is 2.34. The van der Waals surface area contributed by atoms with E-state index in [1.165, 1.54) is 6.42 Å². The zero-order valence-corrected chi connectivity index (χ0v) is 11.5. The van der Waals surface area contributed by atoms with Gasteiger partial charge in [0.2, 0.25) is 0 Å². The predicted octanol–water partition coefficient (Wildman–Crippen LogP) is 3.60. The lowest BCUT2D eigenvalue weighted by Gasteiger charge is -2.16. The van der Waals surface area contributed by atoms with Gasteiger partial charge >= 0.3 is 0 Å². The zero-order valence-electron chi connectivity index (χ0n) is 10.7. The number of nitrogens with one attached hydrogen (secondary N) is 1. The molecule has 1 N–H and O–H groups in total. The van der Waals surface area contributed by atoms with Crippen LogP contribution in [0.3, 0.4) is 0 Å². The number of benzene rings is 1. The van der Waals surface area contributed by atoms with Crippen molar-refractivity contribution in [2.75, 3.05) is 11.6 Å². The van der Waals surface area contributed by atoms with Gasteiger partial charge in [0.25, 0.3) is 5.69 Å². The molecule has 2 rings (SSSR count). The van der Waals surface area contributed by atoms with Gasteiger partial charge in [-0.1, -0.05) is 12.1 Å². The molecule has 0 radical (unpaired) electrons. The maximum absolute atomic E-state index is 11.0. The summed E-state index contributed by atoms with van der Waals surface area (Å²) in [5.41, 5.74) is 1.81. The second-order valence-electron chi connectivity index (χ2n) is 4.74. The van der Waals surface area contributed by atoms with E-state index in [4.69, 9.17) is 0 Å². The van der Waals surface area contributed by atoms with Crippen molar-refractivity contribution in [1.29, 1.82) is 0 Å². The minimum atomic E-state index is -0.309. The lowest BCUT2D eigenvalue weighted by Crippen LogP contribution is -2.17. The molecular weight excluding hydrogens is 248 g/mol. The highest BCUT2D eigenvalue weighted by molar-refractivity contribution is 7.99. The van der Waals surface area contributed by atoms with Crippen molar-refractivity contribution >= 4 is 23.1 Å². The third-order valence-electron chi connectivity index (χ3n) is 3.51. The van der Waals surface area contributed by atoms with Gasteiger partial charge in [0.15, 0.2) is 0 Å². The monoisotopic (exact) mass is 266 g/mol. The van der Waals surface area contributed by atoms with Crippen LogP contribution in [0, 0.1) is 17.0 Å². The van der Waals surface area contributed by atoms with Gasteiger partial charge in [0.05, 0.1) is 4.92 Å². The maximum Gasteiger partial charge on any atom is 0.292 e. The number of rotatable bonds is 4. The molecule has 0 heterocycles. The molecular formula is C13H18N2O2S. The highest BCUT2D eigenvalue weighted by atomic mass is 32.2. The Morgan fingerprint density at radius 1 is 1.44 bits per heavy atom. The summed E-state index contributed by atoms with van der Waals surface area (Å²) >= 11 is 1.89. The number of nitro benzene ring substituents is 1. The molecule has 0 bridgehead atoms. The van der Waals surface area contributed by atoms with E-state index in [1.807, 2.05) is 24.8 Å². The van der Waals surface area contributed by atoms with Crippen molar-refractivity contribution in [1.82, 2.24) is 0 Å². The summed E-state index contributed by atoms with van der Waals surface area (Å²) in [5.74, 6) is 0. The second-order valence-corrected chi connectivity index (χ2v) is 5.88. The molecule has 1 fully saturated rings. The number of anilines is 1. The van der Waals surface area contributed by atoms with Crippen molar-refractivity contribution in [2.45, 2.75) is 37.5 Å². The maximum atomic E-state index is 11.0. The number of hydrogen-bond donors (Lipinski definition) is 1. The van der Waals surface area contributed by atoms with Gasteiger partial charge in [0, 0.05) is 17.4 Å². The van der Waals surface area contributed by atoms with E-state index in [0.717, 1.165) is 18.4 Å². The SMILES string of the molecule is CSC1CCC(Nc2c(C)cccc2[N+](=O)[O-])C1. The standard InChI is InChI=1S/C13H18N2O2S/c1-9-4-3-5-12(15(16)17)13(9)14-10-6-7-11(8-10)18-2/h3-5,10-11,14H,6-8H2,1-2H3. The van der Waals surface area contributed by atoms with Crippen LogP contribution in [0.15, 0.2) is 18.2 Å². The Labute approximate surface area is 111 Å². The number of aryl methyl sites for hydroxylation is 1. The van der Waals surface area contributed by atoms with Crippen molar-refractivity contribution in [3.63, 3.8) is 0 Å². The Morgan fingerprint density at radius 3 is 2.83 bits per heavy atom. The van der Waals surface area contributed by atoms with Crippen molar-refractivity contribution in [3.05, 3.63) is 33.9 Å². The summed E-state index contributed by atoms with van der Waals surface area (Å²) in [6, 6.07) is 5.58. The molecule has 1 aliphatic rings. The molecule has 0 spiro atoms. The van der Waals surface area contributed by atoms with E-state index >= 15 is 0 Å². The van der Waals surface area contributed by atoms with E-state index in [2.05, 4.69) is 11.6 Å². The summed E-state index contributed by atoms with van der Waals surface area (Å²) in [7, 11) is 0. The van der Waals surface area contributed by atoms with Crippen LogP contribution in [0.1, 0.15) is 24.8 Å². The molecule has 4 nitrogen and oxygen atoms in total.